The summed E-state index contributed by atoms with van der Waals surface area (Å²) in [4.78, 5) is 36.6. The normalized spacial score (nSPS) is 17.8. The van der Waals surface area contributed by atoms with Crippen LogP contribution in [0.1, 0.15) is 69.9 Å². The molecule has 8 heteroatoms. The first-order valence-electron chi connectivity index (χ1n) is 13.6. The molecule has 4 aromatic rings. The fourth-order valence-corrected chi connectivity index (χ4v) is 5.81. The van der Waals surface area contributed by atoms with E-state index in [1.807, 2.05) is 47.0 Å². The summed E-state index contributed by atoms with van der Waals surface area (Å²) in [5, 5.41) is 10.7. The topological polar surface area (TPSA) is 97.5 Å². The van der Waals surface area contributed by atoms with E-state index in [1.54, 1.807) is 6.20 Å². The molecule has 39 heavy (non-hydrogen) atoms. The number of hydrogen-bond acceptors (Lipinski definition) is 5. The summed E-state index contributed by atoms with van der Waals surface area (Å²) in [6, 6.07) is 14.0. The van der Waals surface area contributed by atoms with E-state index in [-0.39, 0.29) is 18.2 Å². The third-order valence-electron chi connectivity index (χ3n) is 7.97. The molecule has 3 aliphatic heterocycles. The molecule has 6 heterocycles. The quantitative estimate of drug-likeness (QED) is 0.402. The molecule has 0 radical (unpaired) electrons. The Hall–Kier alpha value is -4.20. The Kier molecular flexibility index (Phi) is 6.77. The van der Waals surface area contributed by atoms with Crippen LogP contribution < -0.4 is 4.74 Å². The highest BCUT2D eigenvalue weighted by atomic mass is 16.5. The van der Waals surface area contributed by atoms with Crippen LogP contribution in [0.2, 0.25) is 0 Å². The van der Waals surface area contributed by atoms with Gasteiger partial charge in [-0.2, -0.15) is 0 Å². The van der Waals surface area contributed by atoms with Gasteiger partial charge < -0.3 is 19.3 Å². The molecular weight excluding hydrogens is 492 g/mol. The lowest BCUT2D eigenvalue weighted by molar-refractivity contribution is -0.137. The first-order valence-corrected chi connectivity index (χ1v) is 13.6. The molecule has 1 amide bonds. The van der Waals surface area contributed by atoms with Crippen LogP contribution in [0.25, 0.3) is 11.0 Å². The largest absolute Gasteiger partial charge is 0.481 e. The highest BCUT2D eigenvalue weighted by Crippen LogP contribution is 2.32. The molecule has 8 bridgehead atoms. The molecule has 7 rings (SSSR count). The van der Waals surface area contributed by atoms with Crippen LogP contribution >= 0.6 is 0 Å². The van der Waals surface area contributed by atoms with Gasteiger partial charge in [-0.3, -0.25) is 9.59 Å². The van der Waals surface area contributed by atoms with Crippen molar-refractivity contribution in [1.29, 1.82) is 0 Å². The smallest absolute Gasteiger partial charge is 0.304 e. The minimum atomic E-state index is -0.871. The molecule has 0 aliphatic carbocycles. The molecule has 3 aliphatic rings. The molecule has 8 nitrogen and oxygen atoms in total. The zero-order valence-electron chi connectivity index (χ0n) is 22.1. The number of carbonyl (C=O) groups excluding carboxylic acids is 1. The standard InChI is InChI=1S/C31H32N4O4/c1-34-27-15-24-13-20(17-33-30(24)34)5-3-2-4-12-39-28-9-8-23(18-32-28)26(16-29(36)37)22-7-6-21-10-11-35(31(27)38)19-25(21)14-22/h6-9,13-15,17-18,26H,2-5,10-12,16,19H2,1H3,(H,36,37). The Balaban J connectivity index is 1.38. The molecule has 0 spiro atoms. The van der Waals surface area contributed by atoms with Crippen molar-refractivity contribution in [2.75, 3.05) is 13.2 Å². The molecule has 1 atom stereocenters. The van der Waals surface area contributed by atoms with Gasteiger partial charge in [0.25, 0.3) is 5.91 Å². The summed E-state index contributed by atoms with van der Waals surface area (Å²) in [5.74, 6) is -0.693. The second-order valence-corrected chi connectivity index (χ2v) is 10.6. The number of aryl methyl sites for hydroxylation is 2. The van der Waals surface area contributed by atoms with Gasteiger partial charge >= 0.3 is 5.97 Å². The maximum absolute atomic E-state index is 13.7. The Morgan fingerprint density at radius 3 is 2.69 bits per heavy atom. The molecular formula is C31H32N4O4. The van der Waals surface area contributed by atoms with Crippen molar-refractivity contribution in [1.82, 2.24) is 19.4 Å². The van der Waals surface area contributed by atoms with Gasteiger partial charge in [-0.05, 0) is 72.1 Å². The van der Waals surface area contributed by atoms with Crippen molar-refractivity contribution < 1.29 is 19.4 Å². The van der Waals surface area contributed by atoms with E-state index >= 15 is 0 Å². The van der Waals surface area contributed by atoms with Gasteiger partial charge in [-0.25, -0.2) is 9.97 Å². The number of fused-ring (bicyclic) bond motifs is 7. The van der Waals surface area contributed by atoms with Crippen LogP contribution in [0.15, 0.2) is 54.9 Å². The monoisotopic (exact) mass is 524 g/mol. The molecule has 200 valence electrons. The number of pyridine rings is 2. The fraction of sp³-hybridized carbons (Fsp3) is 0.355. The zero-order chi connectivity index (χ0) is 26.9. The van der Waals surface area contributed by atoms with Crippen molar-refractivity contribution in [3.05, 3.63) is 88.4 Å². The number of aliphatic carboxylic acids is 1. The number of aromatic nitrogens is 3. The summed E-state index contributed by atoms with van der Waals surface area (Å²) in [5.41, 5.74) is 6.59. The van der Waals surface area contributed by atoms with Crippen LogP contribution in [0, 0.1) is 0 Å². The van der Waals surface area contributed by atoms with Crippen molar-refractivity contribution in [3.63, 3.8) is 0 Å². The van der Waals surface area contributed by atoms with E-state index in [1.165, 1.54) is 11.1 Å². The fourth-order valence-electron chi connectivity index (χ4n) is 5.81. The van der Waals surface area contributed by atoms with Crippen LogP contribution in [0.3, 0.4) is 0 Å². The third-order valence-corrected chi connectivity index (χ3v) is 7.97. The van der Waals surface area contributed by atoms with E-state index in [0.29, 0.717) is 31.3 Å². The van der Waals surface area contributed by atoms with Crippen LogP contribution in [0.5, 0.6) is 5.88 Å². The van der Waals surface area contributed by atoms with E-state index in [9.17, 15) is 14.7 Å². The molecule has 0 saturated carbocycles. The molecule has 1 N–H and O–H groups in total. The van der Waals surface area contributed by atoms with E-state index in [2.05, 4.69) is 28.2 Å². The Bertz CT molecular complexity index is 1540. The number of carboxylic acid groups (broad SMARTS) is 1. The Morgan fingerprint density at radius 2 is 1.87 bits per heavy atom. The summed E-state index contributed by atoms with van der Waals surface area (Å²) < 4.78 is 7.75. The lowest BCUT2D eigenvalue weighted by Crippen LogP contribution is -2.37. The second-order valence-electron chi connectivity index (χ2n) is 10.6. The summed E-state index contributed by atoms with van der Waals surface area (Å²) >= 11 is 0. The Labute approximate surface area is 227 Å². The highest BCUT2D eigenvalue weighted by Gasteiger charge is 2.26. The van der Waals surface area contributed by atoms with Crippen LogP contribution in [0.4, 0.5) is 0 Å². The van der Waals surface area contributed by atoms with Crippen molar-refractivity contribution in [3.8, 4) is 5.88 Å². The SMILES string of the molecule is Cn1c2cc3cc(cnc31)CCCCCOc1ccc(cn1)C(CC(=O)O)c1ccc3c(c1)CN(CC3)C2=O. The van der Waals surface area contributed by atoms with Gasteiger partial charge in [0.2, 0.25) is 5.88 Å². The number of carbonyl (C=O) groups is 2. The Morgan fingerprint density at radius 1 is 1.00 bits per heavy atom. The number of nitrogens with zero attached hydrogens (tertiary/aromatic N) is 4. The van der Waals surface area contributed by atoms with Gasteiger partial charge in [0.15, 0.2) is 0 Å². The summed E-state index contributed by atoms with van der Waals surface area (Å²) in [7, 11) is 1.90. The van der Waals surface area contributed by atoms with Gasteiger partial charge in [-0.15, -0.1) is 0 Å². The number of benzene rings is 1. The zero-order valence-corrected chi connectivity index (χ0v) is 22.1. The van der Waals surface area contributed by atoms with Crippen LogP contribution in [-0.2, 0) is 31.2 Å². The van der Waals surface area contributed by atoms with Crippen LogP contribution in [-0.4, -0.2) is 49.6 Å². The number of ether oxygens (including phenoxy) is 1. The minimum Gasteiger partial charge on any atom is -0.481 e. The lowest BCUT2D eigenvalue weighted by atomic mass is 9.86. The first kappa shape index (κ1) is 25.1. The van der Waals surface area contributed by atoms with Gasteiger partial charge in [0.1, 0.15) is 11.3 Å². The number of amides is 1. The minimum absolute atomic E-state index is 0.0166. The summed E-state index contributed by atoms with van der Waals surface area (Å²) in [6.45, 7) is 1.69. The second kappa shape index (κ2) is 10.5. The van der Waals surface area contributed by atoms with E-state index < -0.39 is 5.97 Å². The maximum atomic E-state index is 13.7. The molecule has 3 aromatic heterocycles. The maximum Gasteiger partial charge on any atom is 0.304 e. The number of hydrogen-bond donors (Lipinski definition) is 1. The number of rotatable bonds is 2. The van der Waals surface area contributed by atoms with Gasteiger partial charge in [-0.1, -0.05) is 24.3 Å². The van der Waals surface area contributed by atoms with Gasteiger partial charge in [0.05, 0.1) is 13.0 Å². The van der Waals surface area contributed by atoms with E-state index in [0.717, 1.165) is 59.8 Å². The van der Waals surface area contributed by atoms with Crippen molar-refractivity contribution >= 4 is 22.9 Å². The lowest BCUT2D eigenvalue weighted by Gasteiger charge is -2.30. The first-order chi connectivity index (χ1) is 19.0. The van der Waals surface area contributed by atoms with E-state index in [4.69, 9.17) is 4.74 Å². The highest BCUT2D eigenvalue weighted by molar-refractivity contribution is 5.98. The average Bonchev–Trinajstić information content (AvgIpc) is 3.28. The average molecular weight is 525 g/mol. The van der Waals surface area contributed by atoms with Crippen molar-refractivity contribution in [2.45, 2.75) is 51.0 Å². The van der Waals surface area contributed by atoms with Gasteiger partial charge in [0, 0.05) is 49.9 Å². The predicted octanol–water partition coefficient (Wildman–Crippen LogP) is 4.88. The number of carboxylic acids is 1. The third kappa shape index (κ3) is 5.11. The summed E-state index contributed by atoms with van der Waals surface area (Å²) in [6.07, 6.45) is 8.22. The molecule has 0 saturated heterocycles. The molecule has 1 unspecified atom stereocenters. The van der Waals surface area contributed by atoms with Crippen molar-refractivity contribution in [2.24, 2.45) is 7.05 Å². The molecule has 1 aromatic carbocycles. The molecule has 0 fully saturated rings. The predicted molar refractivity (Wildman–Crippen MR) is 147 cm³/mol.